The molecule has 98 valence electrons. The van der Waals surface area contributed by atoms with Gasteiger partial charge in [-0.25, -0.2) is 0 Å². The van der Waals surface area contributed by atoms with Gasteiger partial charge in [-0.1, -0.05) is 18.2 Å². The lowest BCUT2D eigenvalue weighted by Gasteiger charge is -2.10. The Kier molecular flexibility index (Phi) is 4.63. The van der Waals surface area contributed by atoms with E-state index in [-0.39, 0.29) is 0 Å². The lowest BCUT2D eigenvalue weighted by Crippen LogP contribution is -2.32. The van der Waals surface area contributed by atoms with Crippen LogP contribution in [0.25, 0.3) is 5.70 Å². The molecule has 2 aromatic rings. The Labute approximate surface area is 119 Å². The number of nitrogens with zero attached hydrogens (tertiary/aromatic N) is 2. The van der Waals surface area contributed by atoms with Gasteiger partial charge in [0, 0.05) is 36.8 Å². The summed E-state index contributed by atoms with van der Waals surface area (Å²) in [5.41, 5.74) is 2.28. The SMILES string of the molecule is C=C(CSc1ccccc1)[n+]1ccc(N(C)C)cc1. The van der Waals surface area contributed by atoms with E-state index in [1.165, 1.54) is 10.6 Å². The standard InChI is InChI=1S/C16H19N2S/c1-14(13-19-16-7-5-4-6-8-16)18-11-9-15(10-12-18)17(2)3/h4-12H,1,13H2,2-3H3/q+1. The van der Waals surface area contributed by atoms with Crippen molar-refractivity contribution in [1.82, 2.24) is 0 Å². The number of rotatable bonds is 5. The molecular weight excluding hydrogens is 252 g/mol. The summed E-state index contributed by atoms with van der Waals surface area (Å²) < 4.78 is 2.07. The molecule has 2 nitrogen and oxygen atoms in total. The Morgan fingerprint density at radius 2 is 1.74 bits per heavy atom. The summed E-state index contributed by atoms with van der Waals surface area (Å²) >= 11 is 1.80. The van der Waals surface area contributed by atoms with Crippen LogP contribution < -0.4 is 9.47 Å². The highest BCUT2D eigenvalue weighted by Gasteiger charge is 2.08. The molecule has 1 aromatic carbocycles. The van der Waals surface area contributed by atoms with Crippen molar-refractivity contribution in [3.63, 3.8) is 0 Å². The molecule has 0 fully saturated rings. The molecule has 0 N–H and O–H groups in total. The summed E-state index contributed by atoms with van der Waals surface area (Å²) in [6, 6.07) is 14.6. The van der Waals surface area contributed by atoms with Gasteiger partial charge in [-0.15, -0.1) is 11.8 Å². The van der Waals surface area contributed by atoms with Crippen molar-refractivity contribution in [3.8, 4) is 0 Å². The first-order valence-corrected chi connectivity index (χ1v) is 7.20. The summed E-state index contributed by atoms with van der Waals surface area (Å²) in [4.78, 5) is 3.36. The second-order valence-corrected chi connectivity index (χ2v) is 5.57. The molecule has 2 rings (SSSR count). The third-order valence-electron chi connectivity index (χ3n) is 2.84. The summed E-state index contributed by atoms with van der Waals surface area (Å²) in [6.07, 6.45) is 4.12. The molecule has 0 aliphatic rings. The molecule has 0 radical (unpaired) electrons. The van der Waals surface area contributed by atoms with Crippen LogP contribution in [0.2, 0.25) is 0 Å². The van der Waals surface area contributed by atoms with Crippen LogP contribution in [0.15, 0.2) is 66.3 Å². The third kappa shape index (κ3) is 3.86. The summed E-state index contributed by atoms with van der Waals surface area (Å²) in [5, 5.41) is 0. The number of anilines is 1. The van der Waals surface area contributed by atoms with Crippen LogP contribution in [0.1, 0.15) is 0 Å². The van der Waals surface area contributed by atoms with Crippen molar-refractivity contribution >= 4 is 23.1 Å². The van der Waals surface area contributed by atoms with Crippen LogP contribution in [-0.2, 0) is 0 Å². The lowest BCUT2D eigenvalue weighted by atomic mass is 10.3. The summed E-state index contributed by atoms with van der Waals surface area (Å²) in [6.45, 7) is 4.14. The smallest absolute Gasteiger partial charge is 0.190 e. The van der Waals surface area contributed by atoms with Crippen LogP contribution >= 0.6 is 11.8 Å². The Hall–Kier alpha value is -1.74. The molecule has 3 heteroatoms. The minimum absolute atomic E-state index is 0.885. The fourth-order valence-corrected chi connectivity index (χ4v) is 2.52. The number of aromatic nitrogens is 1. The van der Waals surface area contributed by atoms with Crippen LogP contribution in [0, 0.1) is 0 Å². The molecule has 0 spiro atoms. The normalized spacial score (nSPS) is 10.2. The minimum atomic E-state index is 0.885. The molecular formula is C16H19N2S+. The molecule has 1 aromatic heterocycles. The molecule has 1 heterocycles. The molecule has 0 aliphatic heterocycles. The van der Waals surface area contributed by atoms with Gasteiger partial charge >= 0.3 is 0 Å². The van der Waals surface area contributed by atoms with Crippen molar-refractivity contribution in [2.75, 3.05) is 24.7 Å². The van der Waals surface area contributed by atoms with E-state index in [9.17, 15) is 0 Å². The molecule has 19 heavy (non-hydrogen) atoms. The van der Waals surface area contributed by atoms with Crippen LogP contribution in [0.4, 0.5) is 5.69 Å². The van der Waals surface area contributed by atoms with Gasteiger partial charge in [0.2, 0.25) is 0 Å². The molecule has 0 saturated carbocycles. The van der Waals surface area contributed by atoms with E-state index in [2.05, 4.69) is 64.8 Å². The maximum absolute atomic E-state index is 4.14. The number of thioether (sulfide) groups is 1. The average Bonchev–Trinajstić information content (AvgIpc) is 2.46. The van der Waals surface area contributed by atoms with Gasteiger partial charge in [0.05, 0.1) is 5.75 Å². The minimum Gasteiger partial charge on any atom is -0.377 e. The second kappa shape index (κ2) is 6.43. The maximum atomic E-state index is 4.14. The van der Waals surface area contributed by atoms with Gasteiger partial charge in [0.15, 0.2) is 18.1 Å². The van der Waals surface area contributed by atoms with E-state index >= 15 is 0 Å². The second-order valence-electron chi connectivity index (χ2n) is 4.53. The first-order valence-electron chi connectivity index (χ1n) is 6.21. The van der Waals surface area contributed by atoms with Gasteiger partial charge in [-0.05, 0) is 18.7 Å². The van der Waals surface area contributed by atoms with Crippen LogP contribution in [0.3, 0.4) is 0 Å². The van der Waals surface area contributed by atoms with E-state index < -0.39 is 0 Å². The molecule has 0 unspecified atom stereocenters. The Morgan fingerprint density at radius 3 is 2.32 bits per heavy atom. The topological polar surface area (TPSA) is 7.12 Å². The van der Waals surface area contributed by atoms with Gasteiger partial charge < -0.3 is 4.90 Å². The third-order valence-corrected chi connectivity index (χ3v) is 3.93. The highest BCUT2D eigenvalue weighted by Crippen LogP contribution is 2.19. The summed E-state index contributed by atoms with van der Waals surface area (Å²) in [5.74, 6) is 0.885. The van der Waals surface area contributed by atoms with E-state index in [4.69, 9.17) is 0 Å². The predicted octanol–water partition coefficient (Wildman–Crippen LogP) is 3.30. The van der Waals surface area contributed by atoms with E-state index in [0.29, 0.717) is 0 Å². The van der Waals surface area contributed by atoms with Crippen molar-refractivity contribution in [2.24, 2.45) is 0 Å². The molecule has 0 atom stereocenters. The lowest BCUT2D eigenvalue weighted by molar-refractivity contribution is -0.580. The summed E-state index contributed by atoms with van der Waals surface area (Å²) in [7, 11) is 4.08. The number of hydrogen-bond donors (Lipinski definition) is 0. The van der Waals surface area contributed by atoms with E-state index in [1.54, 1.807) is 11.8 Å². The highest BCUT2D eigenvalue weighted by molar-refractivity contribution is 7.99. The fraction of sp³-hybridized carbons (Fsp3) is 0.188. The van der Waals surface area contributed by atoms with Gasteiger partial charge in [-0.3, -0.25) is 0 Å². The molecule has 0 bridgehead atoms. The zero-order valence-corrected chi connectivity index (χ0v) is 12.2. The quantitative estimate of drug-likeness (QED) is 0.608. The van der Waals surface area contributed by atoms with Gasteiger partial charge in [0.1, 0.15) is 0 Å². The monoisotopic (exact) mass is 271 g/mol. The zero-order valence-electron chi connectivity index (χ0n) is 11.4. The van der Waals surface area contributed by atoms with Crippen molar-refractivity contribution in [3.05, 3.63) is 61.4 Å². The maximum Gasteiger partial charge on any atom is 0.190 e. The van der Waals surface area contributed by atoms with Gasteiger partial charge in [0.25, 0.3) is 0 Å². The van der Waals surface area contributed by atoms with E-state index in [0.717, 1.165) is 11.4 Å². The number of pyridine rings is 1. The number of benzene rings is 1. The van der Waals surface area contributed by atoms with Crippen LogP contribution in [-0.4, -0.2) is 19.8 Å². The molecule has 0 aliphatic carbocycles. The zero-order chi connectivity index (χ0) is 13.7. The van der Waals surface area contributed by atoms with Crippen LogP contribution in [0.5, 0.6) is 0 Å². The largest absolute Gasteiger partial charge is 0.377 e. The highest BCUT2D eigenvalue weighted by atomic mass is 32.2. The first-order chi connectivity index (χ1) is 9.16. The van der Waals surface area contributed by atoms with Gasteiger partial charge in [-0.2, -0.15) is 4.57 Å². The van der Waals surface area contributed by atoms with Crippen molar-refractivity contribution < 1.29 is 4.57 Å². The molecule has 0 saturated heterocycles. The average molecular weight is 271 g/mol. The number of hydrogen-bond acceptors (Lipinski definition) is 2. The predicted molar refractivity (Wildman–Crippen MR) is 83.5 cm³/mol. The first kappa shape index (κ1) is 13.7. The Bertz CT molecular complexity index is 532. The fourth-order valence-electron chi connectivity index (χ4n) is 1.69. The van der Waals surface area contributed by atoms with E-state index in [1.807, 2.05) is 20.2 Å². The van der Waals surface area contributed by atoms with Crippen molar-refractivity contribution in [2.45, 2.75) is 4.90 Å². The molecule has 0 amide bonds. The van der Waals surface area contributed by atoms with Crippen molar-refractivity contribution in [1.29, 1.82) is 0 Å². The Balaban J connectivity index is 1.96. The Morgan fingerprint density at radius 1 is 1.11 bits per heavy atom.